The van der Waals surface area contributed by atoms with Gasteiger partial charge in [0.25, 0.3) is 5.91 Å². The molecule has 0 aromatic heterocycles. The van der Waals surface area contributed by atoms with Crippen LogP contribution < -0.4 is 21.3 Å². The van der Waals surface area contributed by atoms with Gasteiger partial charge in [-0.15, -0.1) is 0 Å². The van der Waals surface area contributed by atoms with Gasteiger partial charge in [-0.1, -0.05) is 18.2 Å². The van der Waals surface area contributed by atoms with Crippen LogP contribution in [0.1, 0.15) is 28.4 Å². The van der Waals surface area contributed by atoms with E-state index in [9.17, 15) is 9.59 Å². The molecule has 0 saturated heterocycles. The van der Waals surface area contributed by atoms with Gasteiger partial charge in [-0.05, 0) is 48.7 Å². The number of hydrogen-bond acceptors (Lipinski definition) is 3. The summed E-state index contributed by atoms with van der Waals surface area (Å²) in [6.45, 7) is 3.57. The molecule has 2 aromatic rings. The van der Waals surface area contributed by atoms with Gasteiger partial charge in [-0.25, -0.2) is 4.79 Å². The van der Waals surface area contributed by atoms with Gasteiger partial charge >= 0.3 is 6.03 Å². The van der Waals surface area contributed by atoms with Crippen molar-refractivity contribution in [1.82, 2.24) is 5.32 Å². The van der Waals surface area contributed by atoms with Crippen molar-refractivity contribution in [2.24, 2.45) is 5.73 Å². The number of carbonyl (C=O) groups excluding carboxylic acids is 2. The van der Waals surface area contributed by atoms with Crippen molar-refractivity contribution in [1.29, 1.82) is 0 Å². The van der Waals surface area contributed by atoms with Gasteiger partial charge in [0.15, 0.2) is 0 Å². The molecule has 1 heterocycles. The lowest BCUT2D eigenvalue weighted by Crippen LogP contribution is -2.38. The highest BCUT2D eigenvalue weighted by molar-refractivity contribution is 6.05. The van der Waals surface area contributed by atoms with E-state index in [4.69, 9.17) is 5.73 Å². The number of urea groups is 1. The van der Waals surface area contributed by atoms with E-state index in [1.54, 1.807) is 17.0 Å². The average molecular weight is 338 g/mol. The number of nitrogens with zero attached hydrogens (tertiary/aromatic N) is 1. The number of carbonyl (C=O) groups is 2. The number of fused-ring (bicyclic) bond motifs is 1. The van der Waals surface area contributed by atoms with Crippen LogP contribution in [0.25, 0.3) is 0 Å². The van der Waals surface area contributed by atoms with E-state index in [0.717, 1.165) is 23.2 Å². The minimum absolute atomic E-state index is 0.109. The first kappa shape index (κ1) is 17.0. The Labute approximate surface area is 147 Å². The lowest BCUT2D eigenvalue weighted by atomic mass is 10.1. The van der Waals surface area contributed by atoms with E-state index in [0.29, 0.717) is 30.9 Å². The summed E-state index contributed by atoms with van der Waals surface area (Å²) < 4.78 is 0. The molecular formula is C19H22N4O2. The van der Waals surface area contributed by atoms with E-state index >= 15 is 0 Å². The van der Waals surface area contributed by atoms with Crippen LogP contribution in [0.3, 0.4) is 0 Å². The summed E-state index contributed by atoms with van der Waals surface area (Å²) in [7, 11) is 0. The normalized spacial score (nSPS) is 12.6. The van der Waals surface area contributed by atoms with Gasteiger partial charge in [0.2, 0.25) is 0 Å². The molecule has 0 spiro atoms. The number of anilines is 2. The molecule has 3 amide bonds. The second-order valence-electron chi connectivity index (χ2n) is 5.94. The van der Waals surface area contributed by atoms with Crippen molar-refractivity contribution in [3.05, 3.63) is 59.2 Å². The molecule has 0 aliphatic carbocycles. The number of amides is 3. The van der Waals surface area contributed by atoms with Crippen LogP contribution in [0.4, 0.5) is 16.2 Å². The SMILES string of the molecule is CCNC(=O)N1CCc2ccc(NC(=O)c3ccc(CN)cc3)cc21. The smallest absolute Gasteiger partial charge is 0.321 e. The zero-order chi connectivity index (χ0) is 17.8. The van der Waals surface area contributed by atoms with Gasteiger partial charge in [0.05, 0.1) is 5.69 Å². The summed E-state index contributed by atoms with van der Waals surface area (Å²) in [5.41, 5.74) is 9.75. The van der Waals surface area contributed by atoms with E-state index in [1.807, 2.05) is 37.3 Å². The monoisotopic (exact) mass is 338 g/mol. The predicted molar refractivity (Wildman–Crippen MR) is 98.9 cm³/mol. The first-order valence-corrected chi connectivity index (χ1v) is 8.41. The summed E-state index contributed by atoms with van der Waals surface area (Å²) in [5.74, 6) is -0.189. The Bertz CT molecular complexity index is 787. The first-order valence-electron chi connectivity index (χ1n) is 8.41. The van der Waals surface area contributed by atoms with Crippen LogP contribution in [-0.4, -0.2) is 25.0 Å². The van der Waals surface area contributed by atoms with Crippen LogP contribution >= 0.6 is 0 Å². The minimum Gasteiger partial charge on any atom is -0.338 e. The van der Waals surface area contributed by atoms with Crippen molar-refractivity contribution >= 4 is 23.3 Å². The molecule has 0 bridgehead atoms. The molecule has 6 heteroatoms. The first-order chi connectivity index (χ1) is 12.1. The van der Waals surface area contributed by atoms with Crippen molar-refractivity contribution in [2.75, 3.05) is 23.3 Å². The van der Waals surface area contributed by atoms with Crippen LogP contribution in [0.2, 0.25) is 0 Å². The fraction of sp³-hybridized carbons (Fsp3) is 0.263. The highest BCUT2D eigenvalue weighted by atomic mass is 16.2. The number of nitrogens with one attached hydrogen (secondary N) is 2. The Hall–Kier alpha value is -2.86. The summed E-state index contributed by atoms with van der Waals surface area (Å²) >= 11 is 0. The largest absolute Gasteiger partial charge is 0.338 e. The predicted octanol–water partition coefficient (Wildman–Crippen LogP) is 2.49. The lowest BCUT2D eigenvalue weighted by Gasteiger charge is -2.18. The molecule has 4 N–H and O–H groups in total. The van der Waals surface area contributed by atoms with Gasteiger partial charge in [-0.3, -0.25) is 9.69 Å². The molecule has 1 aliphatic rings. The molecular weight excluding hydrogens is 316 g/mol. The van der Waals surface area contributed by atoms with Crippen LogP contribution in [-0.2, 0) is 13.0 Å². The molecule has 130 valence electrons. The summed E-state index contributed by atoms with van der Waals surface area (Å²) in [6, 6.07) is 12.8. The highest BCUT2D eigenvalue weighted by Crippen LogP contribution is 2.31. The van der Waals surface area contributed by atoms with Crippen LogP contribution in [0, 0.1) is 0 Å². The summed E-state index contributed by atoms with van der Waals surface area (Å²) in [6.07, 6.45) is 0.821. The lowest BCUT2D eigenvalue weighted by molar-refractivity contribution is 0.102. The fourth-order valence-electron chi connectivity index (χ4n) is 2.91. The standard InChI is InChI=1S/C19H22N4O2/c1-2-21-19(25)23-10-9-14-7-8-16(11-17(14)23)22-18(24)15-5-3-13(12-20)4-6-15/h3-8,11H,2,9-10,12,20H2,1H3,(H,21,25)(H,22,24). The minimum atomic E-state index is -0.189. The van der Waals surface area contributed by atoms with E-state index in [2.05, 4.69) is 10.6 Å². The van der Waals surface area contributed by atoms with Gasteiger partial charge in [-0.2, -0.15) is 0 Å². The van der Waals surface area contributed by atoms with E-state index < -0.39 is 0 Å². The number of nitrogens with two attached hydrogens (primary N) is 1. The topological polar surface area (TPSA) is 87.5 Å². The Kier molecular flexibility index (Phi) is 5.00. The Morgan fingerprint density at radius 3 is 2.60 bits per heavy atom. The third-order valence-electron chi connectivity index (χ3n) is 4.26. The molecule has 0 unspecified atom stereocenters. The Morgan fingerprint density at radius 2 is 1.92 bits per heavy atom. The van der Waals surface area contributed by atoms with Crippen LogP contribution in [0.15, 0.2) is 42.5 Å². The third kappa shape index (κ3) is 3.64. The number of hydrogen-bond donors (Lipinski definition) is 3. The number of benzene rings is 2. The maximum Gasteiger partial charge on any atom is 0.321 e. The van der Waals surface area contributed by atoms with E-state index in [1.165, 1.54) is 0 Å². The Morgan fingerprint density at radius 1 is 1.16 bits per heavy atom. The quantitative estimate of drug-likeness (QED) is 0.800. The summed E-state index contributed by atoms with van der Waals surface area (Å²) in [5, 5.41) is 5.70. The Balaban J connectivity index is 1.76. The second kappa shape index (κ2) is 7.36. The maximum atomic E-state index is 12.4. The fourth-order valence-corrected chi connectivity index (χ4v) is 2.91. The molecule has 1 aliphatic heterocycles. The maximum absolute atomic E-state index is 12.4. The molecule has 2 aromatic carbocycles. The van der Waals surface area contributed by atoms with Crippen LogP contribution in [0.5, 0.6) is 0 Å². The van der Waals surface area contributed by atoms with Crippen molar-refractivity contribution in [3.8, 4) is 0 Å². The molecule has 0 fully saturated rings. The molecule has 0 saturated carbocycles. The van der Waals surface area contributed by atoms with Crippen molar-refractivity contribution < 1.29 is 9.59 Å². The zero-order valence-electron chi connectivity index (χ0n) is 14.2. The number of rotatable bonds is 4. The van der Waals surface area contributed by atoms with Crippen molar-refractivity contribution in [3.63, 3.8) is 0 Å². The molecule has 0 atom stereocenters. The molecule has 6 nitrogen and oxygen atoms in total. The summed E-state index contributed by atoms with van der Waals surface area (Å²) in [4.78, 5) is 26.3. The molecule has 3 rings (SSSR count). The van der Waals surface area contributed by atoms with Gasteiger partial charge in [0, 0.05) is 30.9 Å². The molecule has 0 radical (unpaired) electrons. The van der Waals surface area contributed by atoms with Gasteiger partial charge < -0.3 is 16.4 Å². The van der Waals surface area contributed by atoms with Crippen molar-refractivity contribution in [2.45, 2.75) is 19.9 Å². The second-order valence-corrected chi connectivity index (χ2v) is 5.94. The average Bonchev–Trinajstić information content (AvgIpc) is 3.05. The van der Waals surface area contributed by atoms with Gasteiger partial charge in [0.1, 0.15) is 0 Å². The third-order valence-corrected chi connectivity index (χ3v) is 4.26. The zero-order valence-corrected chi connectivity index (χ0v) is 14.2. The van der Waals surface area contributed by atoms with E-state index in [-0.39, 0.29) is 11.9 Å². The molecule has 25 heavy (non-hydrogen) atoms. The highest BCUT2D eigenvalue weighted by Gasteiger charge is 2.24.